The van der Waals surface area contributed by atoms with Crippen LogP contribution in [0.15, 0.2) is 36.4 Å². The number of fused-ring (bicyclic) bond motifs is 1. The summed E-state index contributed by atoms with van der Waals surface area (Å²) in [7, 11) is 0. The van der Waals surface area contributed by atoms with Gasteiger partial charge in [0.2, 0.25) is 0 Å². The normalized spacial score (nSPS) is 15.5. The molecular weight excluding hydrogens is 376 g/mol. The number of halogens is 5. The van der Waals surface area contributed by atoms with Gasteiger partial charge in [-0.15, -0.1) is 0 Å². The fourth-order valence-corrected chi connectivity index (χ4v) is 3.06. The van der Waals surface area contributed by atoms with Gasteiger partial charge >= 0.3 is 6.11 Å². The Morgan fingerprint density at radius 1 is 1.12 bits per heavy atom. The summed E-state index contributed by atoms with van der Waals surface area (Å²) < 4.78 is 63.3. The molecule has 8 heteroatoms. The molecule has 3 nitrogen and oxygen atoms in total. The van der Waals surface area contributed by atoms with Crippen molar-refractivity contribution in [2.75, 3.05) is 0 Å². The van der Waals surface area contributed by atoms with Crippen LogP contribution in [0.3, 0.4) is 0 Å². The van der Waals surface area contributed by atoms with Gasteiger partial charge in [0, 0.05) is 18.9 Å². The largest absolute Gasteiger partial charge is 0.457 e. The molecule has 3 rings (SSSR count). The van der Waals surface area contributed by atoms with Crippen molar-refractivity contribution in [3.8, 4) is 17.2 Å². The third kappa shape index (κ3) is 3.77. The summed E-state index contributed by atoms with van der Waals surface area (Å²) in [6, 6.07) is 7.68. The minimum atomic E-state index is -3.33. The van der Waals surface area contributed by atoms with E-state index in [1.807, 2.05) is 0 Å². The maximum absolute atomic E-state index is 13.8. The van der Waals surface area contributed by atoms with Crippen molar-refractivity contribution in [2.45, 2.75) is 31.8 Å². The van der Waals surface area contributed by atoms with Gasteiger partial charge in [-0.1, -0.05) is 0 Å². The second kappa shape index (κ2) is 6.46. The molecule has 2 aromatic carbocycles. The minimum absolute atomic E-state index is 0.00564. The maximum atomic E-state index is 13.8. The molecule has 0 aliphatic heterocycles. The van der Waals surface area contributed by atoms with Crippen LogP contribution in [0.4, 0.5) is 17.6 Å². The highest BCUT2D eigenvalue weighted by Crippen LogP contribution is 2.46. The Morgan fingerprint density at radius 2 is 1.73 bits per heavy atom. The van der Waals surface area contributed by atoms with E-state index in [1.165, 1.54) is 36.4 Å². The van der Waals surface area contributed by atoms with Crippen LogP contribution in [-0.4, -0.2) is 11.4 Å². The fourth-order valence-electron chi connectivity index (χ4n) is 2.86. The molecule has 0 unspecified atom stereocenters. The Labute approximate surface area is 151 Å². The van der Waals surface area contributed by atoms with Crippen LogP contribution in [0.1, 0.15) is 34.8 Å². The topological polar surface area (TPSA) is 35.5 Å². The van der Waals surface area contributed by atoms with Gasteiger partial charge in [-0.2, -0.15) is 8.78 Å². The Kier molecular flexibility index (Phi) is 4.60. The average Bonchev–Trinajstić information content (AvgIpc) is 2.82. The van der Waals surface area contributed by atoms with Gasteiger partial charge in [0.15, 0.2) is 0 Å². The highest BCUT2D eigenvalue weighted by molar-refractivity contribution is 6.68. The third-order valence-corrected chi connectivity index (χ3v) is 4.09. The number of rotatable bonds is 5. The van der Waals surface area contributed by atoms with Gasteiger partial charge in [-0.3, -0.25) is 4.79 Å². The Morgan fingerprint density at radius 3 is 2.31 bits per heavy atom. The van der Waals surface area contributed by atoms with E-state index in [-0.39, 0.29) is 40.4 Å². The van der Waals surface area contributed by atoms with Crippen molar-refractivity contribution in [2.24, 2.45) is 0 Å². The van der Waals surface area contributed by atoms with E-state index in [4.69, 9.17) is 16.3 Å². The molecule has 0 saturated heterocycles. The molecule has 0 heterocycles. The van der Waals surface area contributed by atoms with Gasteiger partial charge in [0.25, 0.3) is 11.2 Å². The summed E-state index contributed by atoms with van der Waals surface area (Å²) in [6.45, 7) is 0.607. The van der Waals surface area contributed by atoms with E-state index < -0.39 is 23.7 Å². The zero-order valence-corrected chi connectivity index (χ0v) is 14.2. The minimum Gasteiger partial charge on any atom is -0.457 e. The summed E-state index contributed by atoms with van der Waals surface area (Å²) >= 11 is 5.58. The van der Waals surface area contributed by atoms with Gasteiger partial charge in [-0.25, -0.2) is 8.78 Å². The molecule has 0 N–H and O–H groups in total. The molecule has 26 heavy (non-hydrogen) atoms. The predicted octanol–water partition coefficient (Wildman–Crippen LogP) is 5.89. The van der Waals surface area contributed by atoms with Gasteiger partial charge < -0.3 is 9.47 Å². The standard InChI is InChI=1S/C18H13ClF4O3/c1-17(20,21)26-11-4-2-10(3-5-11)25-14-7-6-13-12(15(14)16(19)24)8-9-18(13,22)23/h2-7H,8-9H2,1H3. The van der Waals surface area contributed by atoms with Gasteiger partial charge in [0.1, 0.15) is 17.2 Å². The average molecular weight is 389 g/mol. The summed E-state index contributed by atoms with van der Waals surface area (Å²) in [4.78, 5) is 11.8. The van der Waals surface area contributed by atoms with E-state index in [0.29, 0.717) is 6.92 Å². The molecule has 0 radical (unpaired) electrons. The Balaban J connectivity index is 1.90. The highest BCUT2D eigenvalue weighted by Gasteiger charge is 2.41. The molecule has 0 atom stereocenters. The van der Waals surface area contributed by atoms with E-state index in [2.05, 4.69) is 4.74 Å². The zero-order valence-electron chi connectivity index (χ0n) is 13.5. The third-order valence-electron chi connectivity index (χ3n) is 3.90. The number of benzene rings is 2. The lowest BCUT2D eigenvalue weighted by atomic mass is 10.0. The van der Waals surface area contributed by atoms with E-state index in [0.717, 1.165) is 0 Å². The molecule has 1 aliphatic rings. The molecule has 1 aliphatic carbocycles. The van der Waals surface area contributed by atoms with Crippen molar-refractivity contribution in [1.82, 2.24) is 0 Å². The summed E-state index contributed by atoms with van der Waals surface area (Å²) in [5.74, 6) is -2.86. The van der Waals surface area contributed by atoms with Crippen LogP contribution in [0, 0.1) is 0 Å². The van der Waals surface area contributed by atoms with E-state index >= 15 is 0 Å². The number of hydrogen-bond donors (Lipinski definition) is 0. The van der Waals surface area contributed by atoms with Gasteiger partial charge in [0.05, 0.1) is 5.56 Å². The molecule has 0 amide bonds. The van der Waals surface area contributed by atoms with Crippen LogP contribution < -0.4 is 9.47 Å². The van der Waals surface area contributed by atoms with Crippen molar-refractivity contribution in [1.29, 1.82) is 0 Å². The van der Waals surface area contributed by atoms with E-state index in [1.54, 1.807) is 0 Å². The Bertz CT molecular complexity index is 845. The maximum Gasteiger partial charge on any atom is 0.394 e. The van der Waals surface area contributed by atoms with Crippen LogP contribution >= 0.6 is 11.6 Å². The molecule has 0 spiro atoms. The van der Waals surface area contributed by atoms with Crippen LogP contribution in [0.25, 0.3) is 0 Å². The van der Waals surface area contributed by atoms with Crippen LogP contribution in [-0.2, 0) is 12.3 Å². The lowest BCUT2D eigenvalue weighted by Gasteiger charge is -2.16. The molecule has 0 saturated carbocycles. The lowest BCUT2D eigenvalue weighted by Crippen LogP contribution is -2.18. The monoisotopic (exact) mass is 388 g/mol. The molecule has 0 aromatic heterocycles. The first kappa shape index (κ1) is 18.5. The first-order chi connectivity index (χ1) is 12.1. The molecule has 138 valence electrons. The number of ether oxygens (including phenoxy) is 2. The number of hydrogen-bond acceptors (Lipinski definition) is 3. The van der Waals surface area contributed by atoms with Gasteiger partial charge in [-0.05, 0) is 60.0 Å². The van der Waals surface area contributed by atoms with Crippen LogP contribution in [0.5, 0.6) is 17.2 Å². The molecule has 0 fully saturated rings. The lowest BCUT2D eigenvalue weighted by molar-refractivity contribution is -0.158. The Hall–Kier alpha value is -2.28. The SMILES string of the molecule is CC(F)(F)Oc1ccc(Oc2ccc3c(c2C(=O)Cl)CCC3(F)F)cc1. The van der Waals surface area contributed by atoms with Crippen molar-refractivity contribution >= 4 is 16.8 Å². The predicted molar refractivity (Wildman–Crippen MR) is 86.6 cm³/mol. The number of alkyl halides is 4. The smallest absolute Gasteiger partial charge is 0.394 e. The summed E-state index contributed by atoms with van der Waals surface area (Å²) in [5.41, 5.74) is -0.178. The summed E-state index contributed by atoms with van der Waals surface area (Å²) in [6.07, 6.45) is -3.72. The second-order valence-corrected chi connectivity index (χ2v) is 6.27. The number of carbonyl (C=O) groups is 1. The quantitative estimate of drug-likeness (QED) is 0.473. The number of carbonyl (C=O) groups excluding carboxylic acids is 1. The fraction of sp³-hybridized carbons (Fsp3) is 0.278. The zero-order chi connectivity index (χ0) is 19.1. The van der Waals surface area contributed by atoms with Crippen molar-refractivity contribution < 1.29 is 31.8 Å². The summed E-state index contributed by atoms with van der Waals surface area (Å²) in [5, 5.41) is -0.903. The second-order valence-electron chi connectivity index (χ2n) is 5.93. The molecule has 2 aromatic rings. The van der Waals surface area contributed by atoms with Crippen molar-refractivity contribution in [3.63, 3.8) is 0 Å². The van der Waals surface area contributed by atoms with Crippen LogP contribution in [0.2, 0.25) is 0 Å². The highest BCUT2D eigenvalue weighted by atomic mass is 35.5. The first-order valence-electron chi connectivity index (χ1n) is 7.65. The molecule has 0 bridgehead atoms. The van der Waals surface area contributed by atoms with Crippen molar-refractivity contribution in [3.05, 3.63) is 53.1 Å². The molecular formula is C18H13ClF4O3. The first-order valence-corrected chi connectivity index (χ1v) is 8.03. The van der Waals surface area contributed by atoms with E-state index in [9.17, 15) is 22.4 Å².